The van der Waals surface area contributed by atoms with Crippen LogP contribution in [0.1, 0.15) is 0 Å². The summed E-state index contributed by atoms with van der Waals surface area (Å²) in [6, 6.07) is 0. The van der Waals surface area contributed by atoms with Crippen LogP contribution >= 0.6 is 0 Å². The van der Waals surface area contributed by atoms with E-state index in [1.807, 2.05) is 0 Å². The van der Waals surface area contributed by atoms with Crippen molar-refractivity contribution in [3.63, 3.8) is 0 Å². The molecule has 0 unspecified atom stereocenters. The molecular weight excluding hydrogens is 94.1 g/mol. The predicted molar refractivity (Wildman–Crippen MR) is 25.4 cm³/mol. The smallest absolute Gasteiger partial charge is 0.0614 e. The third kappa shape index (κ3) is 5.01. The molecule has 0 fully saturated rings. The second-order valence-electron chi connectivity index (χ2n) is 0.772. The fraction of sp³-hybridized carbons (Fsp3) is 0.333. The quantitative estimate of drug-likeness (QED) is 0.310. The molecule has 0 rings (SSSR count). The molecule has 0 aliphatic rings. The molecule has 0 saturated heterocycles. The van der Waals surface area contributed by atoms with Gasteiger partial charge in [0, 0.05) is 4.91 Å². The van der Waals surface area contributed by atoms with E-state index in [-0.39, 0.29) is 6.61 Å². The van der Waals surface area contributed by atoms with E-state index in [1.54, 1.807) is 0 Å². The van der Waals surface area contributed by atoms with E-state index in [0.29, 0.717) is 0 Å². The summed E-state index contributed by atoms with van der Waals surface area (Å²) in [7, 11) is 0. The van der Waals surface area contributed by atoms with Crippen molar-refractivity contribution in [1.82, 2.24) is 0 Å². The molecule has 0 saturated carbocycles. The maximum absolute atomic E-state index is 8.02. The Balaban J connectivity index is 3.27. The highest BCUT2D eigenvalue weighted by Gasteiger charge is 1.58. The van der Waals surface area contributed by atoms with Crippen LogP contribution < -0.4 is 0 Å². The summed E-state index contributed by atoms with van der Waals surface area (Å²) < 4.78 is 0. The molecule has 0 radical (unpaired) electrons. The minimum atomic E-state index is -0.0843. The average molecular weight is 99.1 g/mol. The molecule has 0 aromatic carbocycles. The standard InChI is InChI=1S/C3H5N3O/c4-6-5-2-1-3-7/h1-2,7H,3H2/b2-1+. The highest BCUT2D eigenvalue weighted by molar-refractivity contribution is 4.77. The lowest BCUT2D eigenvalue weighted by Crippen LogP contribution is -1.66. The Morgan fingerprint density at radius 2 is 2.57 bits per heavy atom. The summed E-state index contributed by atoms with van der Waals surface area (Å²) in [4.78, 5) is 2.40. The van der Waals surface area contributed by atoms with E-state index in [2.05, 4.69) is 10.0 Å². The monoisotopic (exact) mass is 99.0 g/mol. The van der Waals surface area contributed by atoms with Gasteiger partial charge in [-0.2, -0.15) is 0 Å². The van der Waals surface area contributed by atoms with Gasteiger partial charge < -0.3 is 5.11 Å². The minimum Gasteiger partial charge on any atom is -0.392 e. The van der Waals surface area contributed by atoms with E-state index >= 15 is 0 Å². The Morgan fingerprint density at radius 3 is 3.00 bits per heavy atom. The van der Waals surface area contributed by atoms with Crippen molar-refractivity contribution in [1.29, 1.82) is 0 Å². The molecule has 0 aromatic heterocycles. The molecule has 7 heavy (non-hydrogen) atoms. The van der Waals surface area contributed by atoms with Crippen molar-refractivity contribution in [3.8, 4) is 0 Å². The lowest BCUT2D eigenvalue weighted by Gasteiger charge is -1.67. The summed E-state index contributed by atoms with van der Waals surface area (Å²) in [5.41, 5.74) is 7.62. The van der Waals surface area contributed by atoms with Crippen LogP contribution in [0, 0.1) is 0 Å². The highest BCUT2D eigenvalue weighted by Crippen LogP contribution is 1.71. The summed E-state index contributed by atoms with van der Waals surface area (Å²) in [5.74, 6) is 0. The molecule has 1 N–H and O–H groups in total. The normalized spacial score (nSPS) is 8.71. The van der Waals surface area contributed by atoms with Gasteiger partial charge in [0.05, 0.1) is 6.61 Å². The van der Waals surface area contributed by atoms with Crippen LogP contribution in [0.4, 0.5) is 0 Å². The molecule has 0 amide bonds. The first-order valence-corrected chi connectivity index (χ1v) is 1.72. The zero-order valence-electron chi connectivity index (χ0n) is 3.65. The molecule has 0 aliphatic heterocycles. The molecule has 4 heteroatoms. The zero-order chi connectivity index (χ0) is 5.54. The average Bonchev–Trinajstić information content (AvgIpc) is 1.69. The number of rotatable bonds is 2. The number of aliphatic hydroxyl groups is 1. The fourth-order valence-corrected chi connectivity index (χ4v) is 0.124. The molecule has 0 spiro atoms. The molecule has 0 atom stereocenters. The Hall–Kier alpha value is -0.990. The van der Waals surface area contributed by atoms with E-state index in [0.717, 1.165) is 0 Å². The third-order valence-electron chi connectivity index (χ3n) is 0.329. The van der Waals surface area contributed by atoms with Gasteiger partial charge in [-0.1, -0.05) is 11.2 Å². The first kappa shape index (κ1) is 6.01. The SMILES string of the molecule is [N-]=[N+]=N/C=C/CO. The number of aliphatic hydroxyl groups excluding tert-OH is 1. The van der Waals surface area contributed by atoms with Gasteiger partial charge in [-0.15, -0.1) is 0 Å². The van der Waals surface area contributed by atoms with Crippen molar-refractivity contribution in [3.05, 3.63) is 22.7 Å². The van der Waals surface area contributed by atoms with Gasteiger partial charge in [0.1, 0.15) is 0 Å². The third-order valence-corrected chi connectivity index (χ3v) is 0.329. The zero-order valence-corrected chi connectivity index (χ0v) is 3.65. The van der Waals surface area contributed by atoms with Gasteiger partial charge in [0.25, 0.3) is 0 Å². The van der Waals surface area contributed by atoms with Crippen LogP contribution in [0.5, 0.6) is 0 Å². The Kier molecular flexibility index (Phi) is 4.30. The molecule has 0 bridgehead atoms. The van der Waals surface area contributed by atoms with Crippen molar-refractivity contribution in [2.24, 2.45) is 5.11 Å². The Bertz CT molecular complexity index is 103. The van der Waals surface area contributed by atoms with Crippen LogP contribution in [-0.4, -0.2) is 11.7 Å². The molecular formula is C3H5N3O. The van der Waals surface area contributed by atoms with Crippen molar-refractivity contribution < 1.29 is 5.11 Å². The van der Waals surface area contributed by atoms with Crippen LogP contribution in [0.25, 0.3) is 10.4 Å². The van der Waals surface area contributed by atoms with Gasteiger partial charge in [-0.25, -0.2) is 0 Å². The van der Waals surface area contributed by atoms with Gasteiger partial charge in [-0.05, 0) is 11.7 Å². The summed E-state index contributed by atoms with van der Waals surface area (Å²) in [6.07, 6.45) is 2.54. The summed E-state index contributed by atoms with van der Waals surface area (Å²) in [6.45, 7) is -0.0843. The molecule has 4 nitrogen and oxygen atoms in total. The second-order valence-corrected chi connectivity index (χ2v) is 0.772. The fourth-order valence-electron chi connectivity index (χ4n) is 0.124. The van der Waals surface area contributed by atoms with E-state index in [4.69, 9.17) is 10.6 Å². The van der Waals surface area contributed by atoms with Crippen LogP contribution in [0.3, 0.4) is 0 Å². The predicted octanol–water partition coefficient (Wildman–Crippen LogP) is 0.803. The van der Waals surface area contributed by atoms with Gasteiger partial charge in [0.2, 0.25) is 0 Å². The lowest BCUT2D eigenvalue weighted by molar-refractivity contribution is 0.342. The molecule has 0 aliphatic carbocycles. The van der Waals surface area contributed by atoms with Crippen LogP contribution in [0.2, 0.25) is 0 Å². The first-order chi connectivity index (χ1) is 3.41. The van der Waals surface area contributed by atoms with E-state index in [1.165, 1.54) is 12.3 Å². The number of hydrogen-bond donors (Lipinski definition) is 1. The molecule has 0 aromatic rings. The van der Waals surface area contributed by atoms with Crippen molar-refractivity contribution in [2.75, 3.05) is 6.61 Å². The largest absolute Gasteiger partial charge is 0.392 e. The minimum absolute atomic E-state index is 0.0843. The Morgan fingerprint density at radius 1 is 1.86 bits per heavy atom. The molecule has 38 valence electrons. The number of hydrogen-bond acceptors (Lipinski definition) is 2. The molecule has 0 heterocycles. The summed E-state index contributed by atoms with van der Waals surface area (Å²) >= 11 is 0. The number of azide groups is 1. The lowest BCUT2D eigenvalue weighted by atomic mass is 10.7. The second kappa shape index (κ2) is 5.01. The maximum atomic E-state index is 8.02. The first-order valence-electron chi connectivity index (χ1n) is 1.72. The number of nitrogens with zero attached hydrogens (tertiary/aromatic N) is 3. The highest BCUT2D eigenvalue weighted by atomic mass is 16.2. The van der Waals surface area contributed by atoms with Gasteiger partial charge >= 0.3 is 0 Å². The van der Waals surface area contributed by atoms with E-state index in [9.17, 15) is 0 Å². The Labute approximate surface area is 40.7 Å². The maximum Gasteiger partial charge on any atom is 0.0614 e. The van der Waals surface area contributed by atoms with Crippen LogP contribution in [-0.2, 0) is 0 Å². The topological polar surface area (TPSA) is 69.0 Å². The van der Waals surface area contributed by atoms with Crippen molar-refractivity contribution in [2.45, 2.75) is 0 Å². The summed E-state index contributed by atoms with van der Waals surface area (Å²) in [5, 5.41) is 11.0. The van der Waals surface area contributed by atoms with Gasteiger partial charge in [0.15, 0.2) is 0 Å². The van der Waals surface area contributed by atoms with E-state index < -0.39 is 0 Å². The van der Waals surface area contributed by atoms with Crippen molar-refractivity contribution >= 4 is 0 Å². The van der Waals surface area contributed by atoms with Crippen LogP contribution in [0.15, 0.2) is 17.4 Å². The van der Waals surface area contributed by atoms with Gasteiger partial charge in [-0.3, -0.25) is 0 Å².